The zero-order chi connectivity index (χ0) is 21.9. The molecule has 4 N–H and O–H groups in total. The number of hydrogen-bond acceptors (Lipinski definition) is 6. The van der Waals surface area contributed by atoms with Crippen molar-refractivity contribution in [2.24, 2.45) is 17.6 Å². The van der Waals surface area contributed by atoms with Gasteiger partial charge < -0.3 is 25.9 Å². The van der Waals surface area contributed by atoms with Gasteiger partial charge in [-0.2, -0.15) is 0 Å². The second-order valence-corrected chi connectivity index (χ2v) is 8.06. The molecule has 2 heterocycles. The number of nitrogens with two attached hydrogens (primary N) is 1. The number of piperazine rings is 1. The van der Waals surface area contributed by atoms with E-state index in [1.54, 1.807) is 11.2 Å². The van der Waals surface area contributed by atoms with Crippen LogP contribution in [0.2, 0.25) is 0 Å². The van der Waals surface area contributed by atoms with E-state index >= 15 is 0 Å². The van der Waals surface area contributed by atoms with Gasteiger partial charge in [0.05, 0.1) is 25.0 Å². The van der Waals surface area contributed by atoms with Crippen LogP contribution in [0.5, 0.6) is 0 Å². The van der Waals surface area contributed by atoms with Gasteiger partial charge in [0.15, 0.2) is 0 Å². The van der Waals surface area contributed by atoms with Gasteiger partial charge in [0.1, 0.15) is 12.2 Å². The maximum Gasteiger partial charge on any atom is 0.278 e. The SMILES string of the molecule is CC(C)CC(C(=O)N1CCN(n2cnc(-c3ccccc3)c2)CC1)C(O)(O)C(N)=O. The quantitative estimate of drug-likeness (QED) is 0.553. The van der Waals surface area contributed by atoms with Crippen molar-refractivity contribution in [3.05, 3.63) is 42.9 Å². The maximum atomic E-state index is 13.0. The monoisotopic (exact) mass is 415 g/mol. The molecule has 1 unspecified atom stereocenters. The van der Waals surface area contributed by atoms with Crippen molar-refractivity contribution in [2.45, 2.75) is 26.1 Å². The fraction of sp³-hybridized carbons (Fsp3) is 0.476. The Morgan fingerprint density at radius 3 is 2.33 bits per heavy atom. The van der Waals surface area contributed by atoms with Crippen molar-refractivity contribution >= 4 is 11.8 Å². The van der Waals surface area contributed by atoms with Gasteiger partial charge in [-0.3, -0.25) is 14.3 Å². The molecule has 0 spiro atoms. The van der Waals surface area contributed by atoms with Crippen LogP contribution in [-0.2, 0) is 9.59 Å². The van der Waals surface area contributed by atoms with E-state index in [9.17, 15) is 19.8 Å². The second-order valence-electron chi connectivity index (χ2n) is 8.06. The summed E-state index contributed by atoms with van der Waals surface area (Å²) in [4.78, 5) is 30.5. The summed E-state index contributed by atoms with van der Waals surface area (Å²) in [6.45, 7) is 5.57. The van der Waals surface area contributed by atoms with Gasteiger partial charge in [0.2, 0.25) is 5.91 Å². The fourth-order valence-electron chi connectivity index (χ4n) is 3.67. The predicted octanol–water partition coefficient (Wildman–Crippen LogP) is 0.159. The molecule has 0 saturated carbocycles. The number of amides is 2. The first-order valence-electron chi connectivity index (χ1n) is 10.1. The average Bonchev–Trinajstić information content (AvgIpc) is 3.22. The highest BCUT2D eigenvalue weighted by Crippen LogP contribution is 2.26. The molecule has 9 heteroatoms. The number of benzene rings is 1. The molecule has 1 aromatic carbocycles. The van der Waals surface area contributed by atoms with Gasteiger partial charge in [-0.25, -0.2) is 4.98 Å². The molecule has 1 aliphatic heterocycles. The molecule has 0 radical (unpaired) electrons. The fourth-order valence-corrected chi connectivity index (χ4v) is 3.67. The first kappa shape index (κ1) is 21.8. The summed E-state index contributed by atoms with van der Waals surface area (Å²) < 4.78 is 1.90. The van der Waals surface area contributed by atoms with Crippen LogP contribution in [0.3, 0.4) is 0 Å². The van der Waals surface area contributed by atoms with Gasteiger partial charge in [-0.05, 0) is 12.3 Å². The van der Waals surface area contributed by atoms with Crippen LogP contribution < -0.4 is 10.7 Å². The molecule has 1 saturated heterocycles. The third-order valence-electron chi connectivity index (χ3n) is 5.39. The Kier molecular flexibility index (Phi) is 6.42. The van der Waals surface area contributed by atoms with E-state index in [1.165, 1.54) is 0 Å². The lowest BCUT2D eigenvalue weighted by Crippen LogP contribution is -2.59. The molecular formula is C21H29N5O4. The Morgan fingerprint density at radius 2 is 1.77 bits per heavy atom. The Labute approximate surface area is 175 Å². The van der Waals surface area contributed by atoms with Crippen LogP contribution in [0, 0.1) is 11.8 Å². The van der Waals surface area contributed by atoms with Crippen LogP contribution in [0.25, 0.3) is 11.3 Å². The van der Waals surface area contributed by atoms with Crippen molar-refractivity contribution in [3.63, 3.8) is 0 Å². The first-order chi connectivity index (χ1) is 14.2. The number of rotatable bonds is 7. The average molecular weight is 415 g/mol. The molecule has 2 aromatic rings. The zero-order valence-corrected chi connectivity index (χ0v) is 17.3. The molecule has 1 aromatic heterocycles. The summed E-state index contributed by atoms with van der Waals surface area (Å²) in [6.07, 6.45) is 3.83. The van der Waals surface area contributed by atoms with Gasteiger partial charge in [0, 0.05) is 18.7 Å². The van der Waals surface area contributed by atoms with Crippen molar-refractivity contribution in [1.82, 2.24) is 14.6 Å². The van der Waals surface area contributed by atoms with E-state index in [0.717, 1.165) is 11.3 Å². The van der Waals surface area contributed by atoms with Gasteiger partial charge >= 0.3 is 0 Å². The van der Waals surface area contributed by atoms with E-state index < -0.39 is 23.5 Å². The number of aliphatic hydroxyl groups is 2. The Hall–Kier alpha value is -2.91. The number of carbonyl (C=O) groups is 2. The van der Waals surface area contributed by atoms with Crippen LogP contribution in [0.15, 0.2) is 42.9 Å². The number of aromatic nitrogens is 2. The number of primary amides is 1. The molecule has 162 valence electrons. The lowest BCUT2D eigenvalue weighted by Gasteiger charge is -2.39. The minimum absolute atomic E-state index is 0.0133. The summed E-state index contributed by atoms with van der Waals surface area (Å²) in [6, 6.07) is 9.86. The molecule has 0 bridgehead atoms. The number of nitrogens with zero attached hydrogens (tertiary/aromatic N) is 4. The van der Waals surface area contributed by atoms with E-state index in [4.69, 9.17) is 5.73 Å². The maximum absolute atomic E-state index is 13.0. The van der Waals surface area contributed by atoms with E-state index in [0.29, 0.717) is 26.2 Å². The van der Waals surface area contributed by atoms with Gasteiger partial charge in [-0.1, -0.05) is 44.2 Å². The first-order valence-corrected chi connectivity index (χ1v) is 10.1. The van der Waals surface area contributed by atoms with Crippen molar-refractivity contribution in [2.75, 3.05) is 31.2 Å². The summed E-state index contributed by atoms with van der Waals surface area (Å²) in [5.74, 6) is -5.96. The summed E-state index contributed by atoms with van der Waals surface area (Å²) in [5, 5.41) is 22.4. The highest BCUT2D eigenvalue weighted by atomic mass is 16.5. The minimum Gasteiger partial charge on any atom is -0.365 e. The molecule has 1 fully saturated rings. The number of hydrogen-bond donors (Lipinski definition) is 3. The molecule has 3 rings (SSSR count). The third kappa shape index (κ3) is 4.63. The molecule has 1 atom stereocenters. The second kappa shape index (κ2) is 8.85. The highest BCUT2D eigenvalue weighted by Gasteiger charge is 2.47. The van der Waals surface area contributed by atoms with E-state index in [2.05, 4.69) is 9.99 Å². The van der Waals surface area contributed by atoms with Gasteiger partial charge in [0.25, 0.3) is 11.7 Å². The van der Waals surface area contributed by atoms with Crippen LogP contribution in [0.4, 0.5) is 0 Å². The zero-order valence-electron chi connectivity index (χ0n) is 17.3. The smallest absolute Gasteiger partial charge is 0.278 e. The largest absolute Gasteiger partial charge is 0.365 e. The van der Waals surface area contributed by atoms with E-state index in [-0.39, 0.29) is 12.3 Å². The van der Waals surface area contributed by atoms with Gasteiger partial charge in [-0.15, -0.1) is 0 Å². The van der Waals surface area contributed by atoms with Crippen molar-refractivity contribution < 1.29 is 19.8 Å². The molecule has 1 aliphatic rings. The normalized spacial score (nSPS) is 16.0. The summed E-state index contributed by atoms with van der Waals surface area (Å²) in [7, 11) is 0. The number of imidazole rings is 1. The topological polar surface area (TPSA) is 125 Å². The summed E-state index contributed by atoms with van der Waals surface area (Å²) in [5.41, 5.74) is 7.02. The summed E-state index contributed by atoms with van der Waals surface area (Å²) >= 11 is 0. The molecule has 9 nitrogen and oxygen atoms in total. The van der Waals surface area contributed by atoms with Crippen LogP contribution >= 0.6 is 0 Å². The molecule has 2 amide bonds. The number of carbonyl (C=O) groups excluding carboxylic acids is 2. The minimum atomic E-state index is -2.87. The Morgan fingerprint density at radius 1 is 1.13 bits per heavy atom. The highest BCUT2D eigenvalue weighted by molar-refractivity contribution is 5.90. The third-order valence-corrected chi connectivity index (χ3v) is 5.39. The van der Waals surface area contributed by atoms with Crippen molar-refractivity contribution in [3.8, 4) is 11.3 Å². The Bertz CT molecular complexity index is 873. The van der Waals surface area contributed by atoms with Crippen LogP contribution in [-0.4, -0.2) is 68.6 Å². The van der Waals surface area contributed by atoms with Crippen LogP contribution in [0.1, 0.15) is 20.3 Å². The predicted molar refractivity (Wildman–Crippen MR) is 112 cm³/mol. The molecular weight excluding hydrogens is 386 g/mol. The standard InChI is InChI=1S/C21H29N5O4/c1-15(2)12-17(21(29,30)20(22)28)19(27)24-8-10-25(11-9-24)26-13-18(23-14-26)16-6-4-3-5-7-16/h3-7,13-15,17,29-30H,8-12H2,1-2H3,(H2,22,28). The van der Waals surface area contributed by atoms with Crippen molar-refractivity contribution in [1.29, 1.82) is 0 Å². The lowest BCUT2D eigenvalue weighted by atomic mass is 9.87. The Balaban J connectivity index is 1.66. The van der Waals surface area contributed by atoms with E-state index in [1.807, 2.05) is 55.1 Å². The molecule has 0 aliphatic carbocycles. The molecule has 30 heavy (non-hydrogen) atoms. The lowest BCUT2D eigenvalue weighted by molar-refractivity contribution is -0.209.